The SMILES string of the molecule is COc1c(C#N)cc2ccccc2c1C(=O)N(C)CC(CCN(C)C)c1ccc(Cl)c(Cl)c1. The van der Waals surface area contributed by atoms with E-state index in [4.69, 9.17) is 27.9 Å². The van der Waals surface area contributed by atoms with Gasteiger partial charge in [0.2, 0.25) is 0 Å². The van der Waals surface area contributed by atoms with Crippen molar-refractivity contribution in [1.82, 2.24) is 9.80 Å². The predicted molar refractivity (Wildman–Crippen MR) is 135 cm³/mol. The van der Waals surface area contributed by atoms with Crippen LogP contribution in [0.4, 0.5) is 0 Å². The number of nitriles is 1. The normalized spacial score (nSPS) is 11.9. The Kier molecular flexibility index (Phi) is 8.20. The number of nitrogens with zero attached hydrogens (tertiary/aromatic N) is 3. The predicted octanol–water partition coefficient (Wildman–Crippen LogP) is 5.83. The molecule has 0 saturated carbocycles. The summed E-state index contributed by atoms with van der Waals surface area (Å²) in [4.78, 5) is 17.5. The lowest BCUT2D eigenvalue weighted by atomic mass is 9.94. The fourth-order valence-electron chi connectivity index (χ4n) is 3.98. The molecule has 0 saturated heterocycles. The van der Waals surface area contributed by atoms with Gasteiger partial charge in [-0.25, -0.2) is 0 Å². The van der Waals surface area contributed by atoms with Crippen molar-refractivity contribution < 1.29 is 9.53 Å². The van der Waals surface area contributed by atoms with Crippen LogP contribution in [0.25, 0.3) is 10.8 Å². The van der Waals surface area contributed by atoms with Crippen LogP contribution in [0.1, 0.15) is 33.8 Å². The Morgan fingerprint density at radius 3 is 2.45 bits per heavy atom. The topological polar surface area (TPSA) is 56.6 Å². The zero-order valence-corrected chi connectivity index (χ0v) is 20.7. The standard InChI is InChI=1S/C26H27Cl2N3O2/c1-30(2)12-11-19(17-9-10-22(27)23(28)14-17)16-31(3)26(32)24-21-8-6-5-7-18(21)13-20(15-29)25(24)33-4/h5-10,13-14,19H,11-12,16H2,1-4H3. The van der Waals surface area contributed by atoms with Gasteiger partial charge in [0.15, 0.2) is 0 Å². The second kappa shape index (κ2) is 10.9. The first-order valence-electron chi connectivity index (χ1n) is 10.6. The summed E-state index contributed by atoms with van der Waals surface area (Å²) < 4.78 is 5.54. The number of halogens is 2. The number of carbonyl (C=O) groups is 1. The number of fused-ring (bicyclic) bond motifs is 1. The summed E-state index contributed by atoms with van der Waals surface area (Å²) in [7, 11) is 7.30. The Morgan fingerprint density at radius 2 is 1.82 bits per heavy atom. The van der Waals surface area contributed by atoms with Crippen molar-refractivity contribution >= 4 is 39.9 Å². The molecule has 3 aromatic carbocycles. The van der Waals surface area contributed by atoms with Crippen molar-refractivity contribution in [2.45, 2.75) is 12.3 Å². The molecule has 3 rings (SSSR count). The number of amides is 1. The highest BCUT2D eigenvalue weighted by molar-refractivity contribution is 6.42. The van der Waals surface area contributed by atoms with Crippen LogP contribution in [0.15, 0.2) is 48.5 Å². The summed E-state index contributed by atoms with van der Waals surface area (Å²) in [6, 6.07) is 17.0. The minimum atomic E-state index is -0.199. The maximum Gasteiger partial charge on any atom is 0.258 e. The average Bonchev–Trinajstić information content (AvgIpc) is 2.81. The Morgan fingerprint density at radius 1 is 1.09 bits per heavy atom. The van der Waals surface area contributed by atoms with Gasteiger partial charge in [0.25, 0.3) is 5.91 Å². The van der Waals surface area contributed by atoms with Crippen LogP contribution in [0.3, 0.4) is 0 Å². The smallest absolute Gasteiger partial charge is 0.258 e. The molecule has 0 aliphatic carbocycles. The molecule has 1 unspecified atom stereocenters. The third kappa shape index (κ3) is 5.59. The molecule has 0 aliphatic heterocycles. The summed E-state index contributed by atoms with van der Waals surface area (Å²) in [5, 5.41) is 12.2. The van der Waals surface area contributed by atoms with E-state index in [-0.39, 0.29) is 11.8 Å². The number of carbonyl (C=O) groups excluding carboxylic acids is 1. The Bertz CT molecular complexity index is 1200. The van der Waals surface area contributed by atoms with Crippen molar-refractivity contribution in [2.24, 2.45) is 0 Å². The molecular weight excluding hydrogens is 457 g/mol. The van der Waals surface area contributed by atoms with Crippen LogP contribution in [0.2, 0.25) is 10.0 Å². The maximum atomic E-state index is 13.7. The van der Waals surface area contributed by atoms with E-state index in [2.05, 4.69) is 11.0 Å². The van der Waals surface area contributed by atoms with E-state index < -0.39 is 0 Å². The fourth-order valence-corrected chi connectivity index (χ4v) is 4.29. The molecule has 0 bridgehead atoms. The Hall–Kier alpha value is -2.78. The summed E-state index contributed by atoms with van der Waals surface area (Å²) in [6.07, 6.45) is 0.832. The first kappa shape index (κ1) is 24.9. The minimum Gasteiger partial charge on any atom is -0.495 e. The summed E-state index contributed by atoms with van der Waals surface area (Å²) >= 11 is 12.4. The third-order valence-electron chi connectivity index (χ3n) is 5.72. The van der Waals surface area contributed by atoms with Crippen LogP contribution in [0.5, 0.6) is 5.75 Å². The van der Waals surface area contributed by atoms with Crippen molar-refractivity contribution in [3.8, 4) is 11.8 Å². The summed E-state index contributed by atoms with van der Waals surface area (Å²) in [5.74, 6) is 0.148. The quantitative estimate of drug-likeness (QED) is 0.404. The first-order valence-corrected chi connectivity index (χ1v) is 11.4. The molecule has 0 fully saturated rings. The van der Waals surface area contributed by atoms with Crippen LogP contribution >= 0.6 is 23.2 Å². The lowest BCUT2D eigenvalue weighted by molar-refractivity contribution is 0.0782. The number of likely N-dealkylation sites (N-methyl/N-ethyl adjacent to an activating group) is 1. The van der Waals surface area contributed by atoms with E-state index >= 15 is 0 Å². The largest absolute Gasteiger partial charge is 0.495 e. The highest BCUT2D eigenvalue weighted by Gasteiger charge is 2.25. The van der Waals surface area contributed by atoms with E-state index in [0.717, 1.165) is 29.3 Å². The molecule has 172 valence electrons. The molecule has 0 heterocycles. The van der Waals surface area contributed by atoms with Gasteiger partial charge >= 0.3 is 0 Å². The zero-order valence-electron chi connectivity index (χ0n) is 19.2. The molecule has 0 spiro atoms. The highest BCUT2D eigenvalue weighted by atomic mass is 35.5. The number of hydrogen-bond acceptors (Lipinski definition) is 4. The van der Waals surface area contributed by atoms with Crippen LogP contribution in [0, 0.1) is 11.3 Å². The van der Waals surface area contributed by atoms with Gasteiger partial charge in [-0.2, -0.15) is 5.26 Å². The second-order valence-electron chi connectivity index (χ2n) is 8.31. The number of benzene rings is 3. The van der Waals surface area contributed by atoms with Gasteiger partial charge in [-0.05, 0) is 61.6 Å². The van der Waals surface area contributed by atoms with E-state index in [1.165, 1.54) is 7.11 Å². The monoisotopic (exact) mass is 483 g/mol. The molecule has 33 heavy (non-hydrogen) atoms. The van der Waals surface area contributed by atoms with Crippen molar-refractivity contribution in [3.63, 3.8) is 0 Å². The van der Waals surface area contributed by atoms with Gasteiger partial charge < -0.3 is 14.5 Å². The van der Waals surface area contributed by atoms with Crippen molar-refractivity contribution in [2.75, 3.05) is 41.3 Å². The average molecular weight is 484 g/mol. The lowest BCUT2D eigenvalue weighted by Crippen LogP contribution is -2.32. The summed E-state index contributed by atoms with van der Waals surface area (Å²) in [5.41, 5.74) is 1.75. The minimum absolute atomic E-state index is 0.0486. The molecule has 0 N–H and O–H groups in total. The molecule has 0 aliphatic rings. The van der Waals surface area contributed by atoms with Crippen LogP contribution < -0.4 is 4.74 Å². The number of ether oxygens (including phenoxy) is 1. The number of hydrogen-bond donors (Lipinski definition) is 0. The van der Waals surface area contributed by atoms with E-state index in [9.17, 15) is 10.1 Å². The van der Waals surface area contributed by atoms with E-state index in [1.54, 1.807) is 24.1 Å². The lowest BCUT2D eigenvalue weighted by Gasteiger charge is -2.27. The first-order chi connectivity index (χ1) is 15.8. The Balaban J connectivity index is 2.00. The number of rotatable bonds is 8. The maximum absolute atomic E-state index is 13.7. The highest BCUT2D eigenvalue weighted by Crippen LogP contribution is 2.34. The van der Waals surface area contributed by atoms with Gasteiger partial charge in [0, 0.05) is 19.5 Å². The Labute approximate surface area is 205 Å². The van der Waals surface area contributed by atoms with E-state index in [1.807, 2.05) is 50.5 Å². The van der Waals surface area contributed by atoms with Crippen molar-refractivity contribution in [1.29, 1.82) is 5.26 Å². The number of methoxy groups -OCH3 is 1. The van der Waals surface area contributed by atoms with Gasteiger partial charge in [0.05, 0.1) is 28.3 Å². The zero-order chi connectivity index (χ0) is 24.1. The molecule has 1 amide bonds. The molecule has 0 radical (unpaired) electrons. The molecular formula is C26H27Cl2N3O2. The molecule has 5 nitrogen and oxygen atoms in total. The van der Waals surface area contributed by atoms with E-state index in [0.29, 0.717) is 33.5 Å². The second-order valence-corrected chi connectivity index (χ2v) is 9.13. The van der Waals surface area contributed by atoms with Gasteiger partial charge in [-0.1, -0.05) is 53.5 Å². The molecule has 0 aromatic heterocycles. The third-order valence-corrected chi connectivity index (χ3v) is 6.46. The molecule has 1 atom stereocenters. The fraction of sp³-hybridized carbons (Fsp3) is 0.308. The molecule has 7 heteroatoms. The van der Waals surface area contributed by atoms with Crippen molar-refractivity contribution in [3.05, 3.63) is 75.3 Å². The van der Waals surface area contributed by atoms with Crippen LogP contribution in [-0.2, 0) is 0 Å². The van der Waals surface area contributed by atoms with Gasteiger partial charge in [0.1, 0.15) is 11.8 Å². The van der Waals surface area contributed by atoms with Crippen LogP contribution in [-0.4, -0.2) is 57.0 Å². The van der Waals surface area contributed by atoms with Gasteiger partial charge in [-0.15, -0.1) is 0 Å². The summed E-state index contributed by atoms with van der Waals surface area (Å²) in [6.45, 7) is 1.32. The molecule has 3 aromatic rings. The van der Waals surface area contributed by atoms with Gasteiger partial charge in [-0.3, -0.25) is 4.79 Å².